The Morgan fingerprint density at radius 3 is 2.09 bits per heavy atom. The molecule has 0 saturated carbocycles. The highest BCUT2D eigenvalue weighted by molar-refractivity contribution is 5.81. The fourth-order valence-electron chi connectivity index (χ4n) is 3.39. The van der Waals surface area contributed by atoms with Crippen molar-refractivity contribution in [3.05, 3.63) is 23.0 Å². The molecule has 0 aliphatic carbocycles. The third kappa shape index (κ3) is 7.45. The van der Waals surface area contributed by atoms with Crippen LogP contribution in [0.2, 0.25) is 0 Å². The zero-order valence-corrected chi connectivity index (χ0v) is 19.8. The number of carbonyl (C=O) groups is 5. The van der Waals surface area contributed by atoms with Gasteiger partial charge in [0.15, 0.2) is 30.9 Å². The first-order valence-electron chi connectivity index (χ1n) is 10.5. The summed E-state index contributed by atoms with van der Waals surface area (Å²) in [5.74, 6) is -3.32. The van der Waals surface area contributed by atoms with Crippen molar-refractivity contribution in [3.63, 3.8) is 0 Å². The lowest BCUT2D eigenvalue weighted by Crippen LogP contribution is -2.62. The predicted octanol–water partition coefficient (Wildman–Crippen LogP) is 0.508. The zero-order chi connectivity index (χ0) is 26.3. The number of hydrogen-bond donors (Lipinski definition) is 1. The molecule has 1 saturated heterocycles. The Balaban J connectivity index is 2.44. The van der Waals surface area contributed by atoms with Crippen LogP contribution in [0.5, 0.6) is 5.75 Å². The Morgan fingerprint density at radius 1 is 0.971 bits per heavy atom. The molecular weight excluding hydrogens is 470 g/mol. The maximum Gasteiger partial charge on any atom is 0.303 e. The number of aryl methyl sites for hydroxylation is 1. The smallest absolute Gasteiger partial charge is 0.303 e. The number of nitrogens with zero attached hydrogens (tertiary/aromatic N) is 1. The van der Waals surface area contributed by atoms with Crippen LogP contribution in [0, 0.1) is 6.92 Å². The number of carbonyl (C=O) groups excluding carboxylic acids is 5. The van der Waals surface area contributed by atoms with Crippen molar-refractivity contribution in [2.45, 2.75) is 71.9 Å². The number of pyridine rings is 1. The van der Waals surface area contributed by atoms with Gasteiger partial charge in [0.1, 0.15) is 18.5 Å². The number of hydrogen-bond acceptors (Lipinski definition) is 13. The minimum absolute atomic E-state index is 0.0665. The van der Waals surface area contributed by atoms with Crippen LogP contribution in [-0.4, -0.2) is 77.6 Å². The standard InChI is InChI=1S/C22H27NO12/c1-10-18(29)16(7-24)15(6-23-10)8-31-22-21(34-14(5)28)20(33-13(4)27)19(32-12(3)26)17(35-22)9-30-11(2)25/h6-7,17,19-22,29H,8-9H2,1-5H3/t17-,19-,20+,21-,22-/m1/s1. The fourth-order valence-corrected chi connectivity index (χ4v) is 3.39. The summed E-state index contributed by atoms with van der Waals surface area (Å²) < 4.78 is 32.4. The van der Waals surface area contributed by atoms with Crippen LogP contribution in [0.3, 0.4) is 0 Å². The molecule has 35 heavy (non-hydrogen) atoms. The molecule has 13 nitrogen and oxygen atoms in total. The average Bonchev–Trinajstić information content (AvgIpc) is 2.75. The molecule has 0 unspecified atom stereocenters. The number of ether oxygens (including phenoxy) is 6. The van der Waals surface area contributed by atoms with Crippen molar-refractivity contribution in [2.24, 2.45) is 0 Å². The Morgan fingerprint density at radius 2 is 1.54 bits per heavy atom. The van der Waals surface area contributed by atoms with E-state index in [2.05, 4.69) is 4.98 Å². The molecular formula is C22H27NO12. The molecule has 2 heterocycles. The molecule has 5 atom stereocenters. The number of esters is 4. The number of rotatable bonds is 9. The summed E-state index contributed by atoms with van der Waals surface area (Å²) in [4.78, 5) is 62.3. The van der Waals surface area contributed by atoms with Gasteiger partial charge in [-0.3, -0.25) is 29.0 Å². The van der Waals surface area contributed by atoms with E-state index >= 15 is 0 Å². The lowest BCUT2D eigenvalue weighted by molar-refractivity contribution is -0.310. The van der Waals surface area contributed by atoms with E-state index in [1.54, 1.807) is 0 Å². The molecule has 192 valence electrons. The molecule has 1 aliphatic heterocycles. The van der Waals surface area contributed by atoms with Gasteiger partial charge in [-0.25, -0.2) is 0 Å². The molecule has 1 aliphatic rings. The second-order valence-electron chi connectivity index (χ2n) is 7.63. The summed E-state index contributed by atoms with van der Waals surface area (Å²) in [5.41, 5.74) is 0.349. The van der Waals surface area contributed by atoms with Gasteiger partial charge in [0.05, 0.1) is 17.9 Å². The molecule has 1 aromatic heterocycles. The van der Waals surface area contributed by atoms with Crippen LogP contribution in [0.25, 0.3) is 0 Å². The van der Waals surface area contributed by atoms with E-state index in [9.17, 15) is 29.1 Å². The van der Waals surface area contributed by atoms with Crippen LogP contribution in [-0.2, 0) is 54.2 Å². The molecule has 0 radical (unpaired) electrons. The quantitative estimate of drug-likeness (QED) is 0.284. The van der Waals surface area contributed by atoms with E-state index < -0.39 is 61.2 Å². The van der Waals surface area contributed by atoms with E-state index in [4.69, 9.17) is 28.4 Å². The van der Waals surface area contributed by atoms with Gasteiger partial charge in [-0.05, 0) is 6.92 Å². The van der Waals surface area contributed by atoms with Gasteiger partial charge in [-0.1, -0.05) is 0 Å². The van der Waals surface area contributed by atoms with Crippen LogP contribution >= 0.6 is 0 Å². The summed E-state index contributed by atoms with van der Waals surface area (Å²) in [6, 6.07) is 0. The molecule has 1 aromatic rings. The minimum atomic E-state index is -1.43. The molecule has 0 amide bonds. The largest absolute Gasteiger partial charge is 0.505 e. The lowest BCUT2D eigenvalue weighted by atomic mass is 9.98. The Bertz CT molecular complexity index is 977. The summed E-state index contributed by atoms with van der Waals surface area (Å²) in [7, 11) is 0. The summed E-state index contributed by atoms with van der Waals surface area (Å²) in [6.45, 7) is 5.20. The molecule has 0 spiro atoms. The Hall–Kier alpha value is -3.58. The second kappa shape index (κ2) is 12.2. The van der Waals surface area contributed by atoms with Crippen LogP contribution in [0.1, 0.15) is 49.3 Å². The van der Waals surface area contributed by atoms with E-state index in [-0.39, 0.29) is 29.2 Å². The first-order valence-corrected chi connectivity index (χ1v) is 10.5. The maximum atomic E-state index is 11.8. The van der Waals surface area contributed by atoms with Crippen molar-refractivity contribution in [1.82, 2.24) is 4.98 Å². The van der Waals surface area contributed by atoms with Gasteiger partial charge in [0.2, 0.25) is 0 Å². The summed E-state index contributed by atoms with van der Waals surface area (Å²) >= 11 is 0. The third-order valence-electron chi connectivity index (χ3n) is 4.83. The SMILES string of the molecule is CC(=O)OC[C@H]1O[C@@H](OCc2cnc(C)c(O)c2C=O)[C@H](OC(C)=O)[C@@H](OC(C)=O)[C@@H]1OC(C)=O. The zero-order valence-electron chi connectivity index (χ0n) is 19.8. The third-order valence-corrected chi connectivity index (χ3v) is 4.83. The fraction of sp³-hybridized carbons (Fsp3) is 0.545. The van der Waals surface area contributed by atoms with Crippen molar-refractivity contribution >= 4 is 30.2 Å². The van der Waals surface area contributed by atoms with Crippen molar-refractivity contribution in [3.8, 4) is 5.75 Å². The van der Waals surface area contributed by atoms with E-state index in [0.29, 0.717) is 6.29 Å². The topological polar surface area (TPSA) is 174 Å². The highest BCUT2D eigenvalue weighted by Crippen LogP contribution is 2.31. The Labute approximate surface area is 200 Å². The monoisotopic (exact) mass is 497 g/mol. The predicted molar refractivity (Wildman–Crippen MR) is 113 cm³/mol. The molecule has 0 aromatic carbocycles. The van der Waals surface area contributed by atoms with Crippen molar-refractivity contribution in [1.29, 1.82) is 0 Å². The first kappa shape index (κ1) is 27.7. The highest BCUT2D eigenvalue weighted by atomic mass is 16.7. The molecule has 0 bridgehead atoms. The molecule has 1 fully saturated rings. The number of aromatic nitrogens is 1. The van der Waals surface area contributed by atoms with Crippen molar-refractivity contribution in [2.75, 3.05) is 6.61 Å². The summed E-state index contributed by atoms with van der Waals surface area (Å²) in [5, 5.41) is 10.1. The lowest BCUT2D eigenvalue weighted by Gasteiger charge is -2.44. The van der Waals surface area contributed by atoms with Gasteiger partial charge in [0.25, 0.3) is 0 Å². The van der Waals surface area contributed by atoms with Crippen LogP contribution in [0.4, 0.5) is 0 Å². The van der Waals surface area contributed by atoms with E-state index in [1.165, 1.54) is 13.1 Å². The second-order valence-corrected chi connectivity index (χ2v) is 7.63. The van der Waals surface area contributed by atoms with Crippen molar-refractivity contribution < 1.29 is 57.5 Å². The first-order chi connectivity index (χ1) is 16.4. The van der Waals surface area contributed by atoms with Gasteiger partial charge in [0, 0.05) is 39.5 Å². The van der Waals surface area contributed by atoms with E-state index in [1.807, 2.05) is 0 Å². The molecule has 1 N–H and O–H groups in total. The normalized spacial score (nSPS) is 23.6. The Kier molecular flexibility index (Phi) is 9.66. The highest BCUT2D eigenvalue weighted by Gasteiger charge is 2.52. The van der Waals surface area contributed by atoms with Crippen LogP contribution < -0.4 is 0 Å². The van der Waals surface area contributed by atoms with Gasteiger partial charge < -0.3 is 33.5 Å². The number of aldehydes is 1. The van der Waals surface area contributed by atoms with E-state index in [0.717, 1.165) is 27.7 Å². The molecule has 13 heteroatoms. The van der Waals surface area contributed by atoms with Gasteiger partial charge >= 0.3 is 23.9 Å². The van der Waals surface area contributed by atoms with Crippen LogP contribution in [0.15, 0.2) is 6.20 Å². The van der Waals surface area contributed by atoms with Gasteiger partial charge in [-0.15, -0.1) is 0 Å². The summed E-state index contributed by atoms with van der Waals surface area (Å²) in [6.07, 6.45) is -5.01. The average molecular weight is 497 g/mol. The maximum absolute atomic E-state index is 11.8. The molecule has 2 rings (SSSR count). The number of aromatic hydroxyl groups is 1. The van der Waals surface area contributed by atoms with Gasteiger partial charge in [-0.2, -0.15) is 0 Å². The minimum Gasteiger partial charge on any atom is -0.505 e.